The number of aldehydes is 1. The lowest BCUT2D eigenvalue weighted by molar-refractivity contribution is -0.386. The minimum Gasteiger partial charge on any atom is -0.547 e. The van der Waals surface area contributed by atoms with Gasteiger partial charge in [0.05, 0.1) is 23.8 Å². The lowest BCUT2D eigenvalue weighted by Gasteiger charge is -2.36. The third-order valence-corrected chi connectivity index (χ3v) is 20.3. The van der Waals surface area contributed by atoms with E-state index in [1.54, 1.807) is 30.3 Å². The maximum Gasteiger partial charge on any atom is 0.331 e. The molecule has 120 heavy (non-hydrogen) atoms. The Morgan fingerprint density at radius 2 is 0.775 bits per heavy atom. The second-order valence-electron chi connectivity index (χ2n) is 30.0. The topological polar surface area (TPSA) is 249 Å². The average molecular weight is 1710 g/mol. The van der Waals surface area contributed by atoms with E-state index in [1.165, 1.54) is 97.8 Å². The van der Waals surface area contributed by atoms with Gasteiger partial charge in [0.25, 0.3) is 0 Å². The molecule has 5 fully saturated rings. The van der Waals surface area contributed by atoms with Gasteiger partial charge in [-0.15, -0.1) is 0 Å². The summed E-state index contributed by atoms with van der Waals surface area (Å²) in [6.45, 7) is 13.1. The van der Waals surface area contributed by atoms with Crippen molar-refractivity contribution in [2.24, 2.45) is 47.3 Å². The zero-order valence-electron chi connectivity index (χ0n) is 65.9. The first-order valence-corrected chi connectivity index (χ1v) is 38.5. The summed E-state index contributed by atoms with van der Waals surface area (Å²) in [6, 6.07) is 32.9. The summed E-state index contributed by atoms with van der Waals surface area (Å²) in [6.07, 6.45) is 14.5. The minimum absolute atomic E-state index is 0.00699. The van der Waals surface area contributed by atoms with Crippen LogP contribution >= 0.6 is 11.6 Å². The van der Waals surface area contributed by atoms with Crippen LogP contribution < -0.4 is 10.8 Å². The van der Waals surface area contributed by atoms with E-state index in [0.29, 0.717) is 100.0 Å². The van der Waals surface area contributed by atoms with Crippen LogP contribution in [0.15, 0.2) is 176 Å². The van der Waals surface area contributed by atoms with Crippen molar-refractivity contribution in [2.75, 3.05) is 0 Å². The minimum atomic E-state index is -1.52. The number of aliphatic carboxylic acids is 3. The van der Waals surface area contributed by atoms with E-state index in [4.69, 9.17) is 36.4 Å². The number of carboxylic acid groups (broad SMARTS) is 3. The third kappa shape index (κ3) is 32.2. The Labute approximate surface area is 689 Å². The van der Waals surface area contributed by atoms with E-state index < -0.39 is 123 Å². The van der Waals surface area contributed by atoms with Gasteiger partial charge in [-0.25, -0.2) is 71.1 Å². The Morgan fingerprint density at radius 3 is 1.12 bits per heavy atom. The monoisotopic (exact) mass is 1710 g/mol. The van der Waals surface area contributed by atoms with Crippen molar-refractivity contribution in [2.45, 2.75) is 141 Å². The predicted octanol–water partition coefficient (Wildman–Crippen LogP) is 19.3. The number of hydrogen-bond acceptors (Lipinski definition) is 11. The highest BCUT2D eigenvalue weighted by Gasteiger charge is 2.48. The van der Waals surface area contributed by atoms with Crippen LogP contribution in [-0.2, 0) is 38.2 Å². The normalized spacial score (nSPS) is 21.2. The second-order valence-corrected chi connectivity index (χ2v) is 30.4. The molecular formula is C91H90ClF14NO13. The molecule has 13 atom stereocenters. The summed E-state index contributed by atoms with van der Waals surface area (Å²) in [5, 5.41) is 35.3. The van der Waals surface area contributed by atoms with Crippen LogP contribution in [0.3, 0.4) is 0 Å². The van der Waals surface area contributed by atoms with Crippen LogP contribution in [0.4, 0.5) is 61.5 Å². The van der Waals surface area contributed by atoms with Gasteiger partial charge in [0.2, 0.25) is 5.24 Å². The van der Waals surface area contributed by atoms with E-state index in [2.05, 4.69) is 47.3 Å². The lowest BCUT2D eigenvalue weighted by Crippen LogP contribution is -2.53. The maximum absolute atomic E-state index is 13.4. The molecule has 6 N–H and O–H groups in total. The highest BCUT2D eigenvalue weighted by molar-refractivity contribution is 6.66. The van der Waals surface area contributed by atoms with Crippen molar-refractivity contribution in [3.05, 3.63) is 302 Å². The maximum atomic E-state index is 13.4. The number of benzene rings is 8. The molecule has 5 aliphatic rings. The molecule has 14 nitrogen and oxygen atoms in total. The number of hydrogen-bond donors (Lipinski definition) is 4. The first-order valence-electron chi connectivity index (χ1n) is 38.1. The zero-order valence-corrected chi connectivity index (χ0v) is 66.6. The van der Waals surface area contributed by atoms with Crippen LogP contribution in [0.1, 0.15) is 172 Å². The molecule has 8 aromatic rings. The number of quaternary nitrogens is 1. The van der Waals surface area contributed by atoms with Crippen molar-refractivity contribution in [1.82, 2.24) is 0 Å². The smallest absolute Gasteiger partial charge is 0.331 e. The number of aliphatic hydroxyl groups excluding tert-OH is 1. The fraction of sp³-hybridized carbons (Fsp3) is 0.330. The molecule has 5 aliphatic carbocycles. The summed E-state index contributed by atoms with van der Waals surface area (Å²) >= 11 is 5.01. The van der Waals surface area contributed by atoms with Gasteiger partial charge >= 0.3 is 23.9 Å². The molecule has 0 saturated heterocycles. The molecule has 0 radical (unpaired) electrons. The molecule has 0 heterocycles. The highest BCUT2D eigenvalue weighted by Crippen LogP contribution is 2.50. The molecule has 0 bridgehead atoms. The Hall–Kier alpha value is -11.1. The van der Waals surface area contributed by atoms with Gasteiger partial charge in [-0.2, -0.15) is 0 Å². The molecule has 1 unspecified atom stereocenters. The summed E-state index contributed by atoms with van der Waals surface area (Å²) in [5.41, 5.74) is 7.56. The number of carboxylic acids is 3. The zero-order chi connectivity index (χ0) is 88.9. The van der Waals surface area contributed by atoms with E-state index in [0.717, 1.165) is 117 Å². The van der Waals surface area contributed by atoms with Crippen molar-refractivity contribution < 1.29 is 131 Å². The molecule has 0 spiro atoms. The van der Waals surface area contributed by atoms with E-state index >= 15 is 0 Å². The van der Waals surface area contributed by atoms with Gasteiger partial charge < -0.3 is 40.4 Å². The van der Waals surface area contributed by atoms with Crippen molar-refractivity contribution in [3.63, 3.8) is 0 Å². The fourth-order valence-corrected chi connectivity index (χ4v) is 13.2. The van der Waals surface area contributed by atoms with Crippen LogP contribution in [0, 0.1) is 129 Å². The molecule has 13 rings (SSSR count). The Kier molecular flexibility index (Phi) is 38.3. The van der Waals surface area contributed by atoms with Crippen molar-refractivity contribution in [3.8, 4) is 0 Å². The summed E-state index contributed by atoms with van der Waals surface area (Å²) < 4.78 is 189. The predicted molar refractivity (Wildman–Crippen MR) is 418 cm³/mol. The highest BCUT2D eigenvalue weighted by atomic mass is 35.5. The standard InChI is InChI=1S/C20H26F2O2.C19H24F2O2.C10H8F2O2.C9H5ClF2O.C9H9F2N.C9H6F2O2.C8H8O3.C7H4F2O/c1-11(2)14-6-4-12(3)8-19(14)24-20(23)16-10-15(16)13-5-7-17(21)18(22)9-13;1-12(2)15-7-4-13(3)10-18(15)23-19(22)9-6-14-5-8-16(20)17(21)11-14;11-8-2-1-5(3-9(8)12)6-4-7(6)10(13)14;10-9(13)4-2-6-1-3-7(11)8(12)5-6;10-7-2-1-5(3-8(7)11)6-4-9(6)12;10-7-3-1-6(5-8(7)11)2-4-9(12)13;9-7(8(10)11)6-4-2-1-3-5-6;8-6-2-1-5(4-10)3-7(6)9/h5,7,9,11-12,14-16,19H,4,6,8,10H2,1-3H3;5-6,8-9,11-13,15,18H,4,7,10H2,1-3H3;1-3,6-7H,4H2,(H,13,14);1-5H;1-3,6,9H,4,12H2;1-5H,(H,12,13);1-5,7,9H,(H,10,11);1-4H/b;9-6+;;4-2+;;4-2+;;/t12-,14+,15?,16-,19-;13-,15+,18-;6-,7+;;6-,9+;;7-;/m110.0.1./s1. The molecule has 0 aliphatic heterocycles. The van der Waals surface area contributed by atoms with E-state index in [1.807, 2.05) is 0 Å². The number of esters is 2. The number of carbonyl (C=O) groups is 7. The molecule has 5 saturated carbocycles. The average Bonchev–Trinajstić information content (AvgIpc) is 1.63. The van der Waals surface area contributed by atoms with E-state index in [9.17, 15) is 100 Å². The first kappa shape index (κ1) is 97.7. The third-order valence-electron chi connectivity index (χ3n) is 20.2. The van der Waals surface area contributed by atoms with E-state index in [-0.39, 0.29) is 41.5 Å². The molecule has 8 aromatic carbocycles. The van der Waals surface area contributed by atoms with Crippen LogP contribution in [-0.4, -0.2) is 74.9 Å². The van der Waals surface area contributed by atoms with Gasteiger partial charge in [-0.05, 0) is 246 Å². The Bertz CT molecular complexity index is 4840. The summed E-state index contributed by atoms with van der Waals surface area (Å²) in [7, 11) is 0. The second kappa shape index (κ2) is 47.0. The molecular weight excluding hydrogens is 1620 g/mol. The number of aliphatic hydroxyl groups is 1. The number of ether oxygens (including phenoxy) is 2. The number of carbonyl (C=O) groups excluding carboxylic acids is 5. The van der Waals surface area contributed by atoms with Gasteiger partial charge in [-0.3, -0.25) is 19.2 Å². The van der Waals surface area contributed by atoms with Gasteiger partial charge in [0, 0.05) is 30.1 Å². The van der Waals surface area contributed by atoms with Gasteiger partial charge in [-0.1, -0.05) is 127 Å². The van der Waals surface area contributed by atoms with Gasteiger partial charge in [0.15, 0.2) is 81.4 Å². The lowest BCUT2D eigenvalue weighted by atomic mass is 9.75. The van der Waals surface area contributed by atoms with Gasteiger partial charge in [0.1, 0.15) is 24.6 Å². The Balaban J connectivity index is 0.000000217. The first-order chi connectivity index (χ1) is 56.6. The SMILES string of the molecule is CC(C)[C@@H]1CC[C@@H](C)C[C@H]1OC(=O)/C=C/c1ccc(F)c(F)c1.CC(C)[C@@H]1CC[C@@H](C)C[C@H]1OC(=O)[C@@H]1CC1c1ccc(F)c(F)c1.O=C(Cl)/C=C/c1ccc(F)c(F)c1.O=C(O)/C=C/c1ccc(F)c(F)c1.O=C(O)[C@@H]1C[C@H]1c1ccc(F)c(F)c1.O=C([O-])[C@H](O)c1ccccc1.O=Cc1ccc(F)c(F)c1.[NH3+][C@@H]1C[C@H]1c1ccc(F)c(F)c1. The van der Waals surface area contributed by atoms with Crippen LogP contribution in [0.25, 0.3) is 18.2 Å². The molecule has 0 aromatic heterocycles. The largest absolute Gasteiger partial charge is 0.547 e. The summed E-state index contributed by atoms with van der Waals surface area (Å²) in [5.74, 6) is -14.3. The molecule has 0 amide bonds. The van der Waals surface area contributed by atoms with Crippen molar-refractivity contribution in [1.29, 1.82) is 0 Å². The quantitative estimate of drug-likeness (QED) is 0.0205. The van der Waals surface area contributed by atoms with Crippen LogP contribution in [0.2, 0.25) is 0 Å². The fourth-order valence-electron chi connectivity index (χ4n) is 13.2. The summed E-state index contributed by atoms with van der Waals surface area (Å²) in [4.78, 5) is 75.5. The Morgan fingerprint density at radius 1 is 0.433 bits per heavy atom. The van der Waals surface area contributed by atoms with Crippen LogP contribution in [0.5, 0.6) is 0 Å². The number of allylic oxidation sites excluding steroid dienone is 1. The molecule has 642 valence electrons. The molecule has 29 heteroatoms. The van der Waals surface area contributed by atoms with Crippen molar-refractivity contribution >= 4 is 71.2 Å². The number of rotatable bonds is 18. The number of halogens is 15.